The van der Waals surface area contributed by atoms with Crippen LogP contribution in [0.2, 0.25) is 5.02 Å². The molecule has 0 bridgehead atoms. The third-order valence-electron chi connectivity index (χ3n) is 3.74. The summed E-state index contributed by atoms with van der Waals surface area (Å²) in [7, 11) is -3.79. The third kappa shape index (κ3) is 6.72. The second-order valence-electron chi connectivity index (χ2n) is 6.61. The number of hydrogen-bond donors (Lipinski definition) is 3. The first-order valence-electron chi connectivity index (χ1n) is 9.25. The molecule has 8 nitrogen and oxygen atoms in total. The van der Waals surface area contributed by atoms with Gasteiger partial charge in [-0.25, -0.2) is 13.1 Å². The van der Waals surface area contributed by atoms with Crippen molar-refractivity contribution in [2.45, 2.75) is 31.7 Å². The number of rotatable bonds is 9. The molecule has 0 aliphatic rings. The van der Waals surface area contributed by atoms with Gasteiger partial charge in [0.2, 0.25) is 15.9 Å². The summed E-state index contributed by atoms with van der Waals surface area (Å²) in [4.78, 5) is 24.4. The number of amides is 2. The number of hydrogen-bond acceptors (Lipinski definition) is 5. The molecule has 0 saturated heterocycles. The lowest BCUT2D eigenvalue weighted by Crippen LogP contribution is -2.33. The Labute approximate surface area is 181 Å². The van der Waals surface area contributed by atoms with Gasteiger partial charge in [0.05, 0.1) is 28.6 Å². The van der Waals surface area contributed by atoms with Gasteiger partial charge < -0.3 is 15.4 Å². The van der Waals surface area contributed by atoms with E-state index in [0.29, 0.717) is 18.0 Å². The number of halogens is 1. The Morgan fingerprint density at radius 3 is 2.37 bits per heavy atom. The van der Waals surface area contributed by atoms with Gasteiger partial charge in [0.15, 0.2) is 0 Å². The number of carbonyl (C=O) groups excluding carboxylic acids is 2. The first kappa shape index (κ1) is 23.7. The highest BCUT2D eigenvalue weighted by Gasteiger charge is 2.20. The molecule has 30 heavy (non-hydrogen) atoms. The molecule has 0 spiro atoms. The maximum Gasteiger partial charge on any atom is 0.253 e. The first-order valence-corrected chi connectivity index (χ1v) is 11.1. The van der Waals surface area contributed by atoms with Crippen molar-refractivity contribution in [3.8, 4) is 5.75 Å². The molecule has 2 amide bonds. The van der Waals surface area contributed by atoms with Crippen LogP contribution in [0.5, 0.6) is 5.75 Å². The van der Waals surface area contributed by atoms with Crippen molar-refractivity contribution in [1.82, 2.24) is 10.0 Å². The van der Waals surface area contributed by atoms with E-state index in [0.717, 1.165) is 0 Å². The Hall–Kier alpha value is -2.62. The molecule has 2 aromatic rings. The molecular formula is C20H24ClN3O5S. The Morgan fingerprint density at radius 1 is 1.10 bits per heavy atom. The summed E-state index contributed by atoms with van der Waals surface area (Å²) < 4.78 is 32.4. The summed E-state index contributed by atoms with van der Waals surface area (Å²) in [5, 5.41) is 5.15. The average Bonchev–Trinajstić information content (AvgIpc) is 2.67. The molecular weight excluding hydrogens is 430 g/mol. The Kier molecular flexibility index (Phi) is 8.22. The number of benzene rings is 2. The minimum atomic E-state index is -3.79. The van der Waals surface area contributed by atoms with Crippen LogP contribution in [0, 0.1) is 0 Å². The molecule has 10 heteroatoms. The van der Waals surface area contributed by atoms with Gasteiger partial charge in [-0.2, -0.15) is 0 Å². The molecule has 2 rings (SSSR count). The fourth-order valence-electron chi connectivity index (χ4n) is 2.49. The summed E-state index contributed by atoms with van der Waals surface area (Å²) in [6.45, 7) is 5.46. The predicted molar refractivity (Wildman–Crippen MR) is 115 cm³/mol. The second-order valence-corrected chi connectivity index (χ2v) is 8.73. The molecule has 2 aromatic carbocycles. The van der Waals surface area contributed by atoms with Crippen LogP contribution in [0.15, 0.2) is 47.4 Å². The Balaban J connectivity index is 2.01. The molecule has 0 fully saturated rings. The van der Waals surface area contributed by atoms with Gasteiger partial charge >= 0.3 is 0 Å². The van der Waals surface area contributed by atoms with Crippen LogP contribution in [0.25, 0.3) is 0 Å². The summed E-state index contributed by atoms with van der Waals surface area (Å²) in [5.74, 6) is -0.433. The molecule has 0 aromatic heterocycles. The van der Waals surface area contributed by atoms with Crippen molar-refractivity contribution in [2.75, 3.05) is 18.5 Å². The third-order valence-corrected chi connectivity index (χ3v) is 5.73. The quantitative estimate of drug-likeness (QED) is 0.540. The molecule has 0 heterocycles. The van der Waals surface area contributed by atoms with Crippen molar-refractivity contribution in [2.24, 2.45) is 0 Å². The van der Waals surface area contributed by atoms with E-state index in [2.05, 4.69) is 15.4 Å². The average molecular weight is 454 g/mol. The number of nitrogens with one attached hydrogen (secondary N) is 3. The van der Waals surface area contributed by atoms with Crippen molar-refractivity contribution < 1.29 is 22.7 Å². The van der Waals surface area contributed by atoms with Crippen LogP contribution < -0.4 is 20.1 Å². The van der Waals surface area contributed by atoms with Crippen molar-refractivity contribution in [1.29, 1.82) is 0 Å². The van der Waals surface area contributed by atoms with Crippen LogP contribution >= 0.6 is 11.6 Å². The van der Waals surface area contributed by atoms with Crippen LogP contribution in [0.3, 0.4) is 0 Å². The summed E-state index contributed by atoms with van der Waals surface area (Å²) in [6, 6.07) is 10.3. The fourth-order valence-corrected chi connectivity index (χ4v) is 3.97. The second kappa shape index (κ2) is 10.4. The summed E-state index contributed by atoms with van der Waals surface area (Å²) >= 11 is 6.04. The fraction of sp³-hybridized carbons (Fsp3) is 0.300. The highest BCUT2D eigenvalue weighted by molar-refractivity contribution is 7.89. The lowest BCUT2D eigenvalue weighted by Gasteiger charge is -2.12. The number of anilines is 1. The zero-order valence-electron chi connectivity index (χ0n) is 16.9. The lowest BCUT2D eigenvalue weighted by molar-refractivity contribution is -0.115. The minimum Gasteiger partial charge on any atom is -0.494 e. The zero-order chi connectivity index (χ0) is 22.3. The van der Waals surface area contributed by atoms with E-state index < -0.39 is 21.8 Å². The van der Waals surface area contributed by atoms with Crippen molar-refractivity contribution in [3.63, 3.8) is 0 Å². The monoisotopic (exact) mass is 453 g/mol. The molecule has 3 N–H and O–H groups in total. The van der Waals surface area contributed by atoms with E-state index in [4.69, 9.17) is 16.3 Å². The van der Waals surface area contributed by atoms with Crippen LogP contribution in [0.1, 0.15) is 31.1 Å². The van der Waals surface area contributed by atoms with Crippen molar-refractivity contribution in [3.05, 3.63) is 53.1 Å². The van der Waals surface area contributed by atoms with Gasteiger partial charge in [0.25, 0.3) is 5.91 Å². The molecule has 0 aliphatic carbocycles. The molecule has 0 aliphatic heterocycles. The van der Waals surface area contributed by atoms with E-state index in [1.165, 1.54) is 18.2 Å². The van der Waals surface area contributed by atoms with E-state index in [-0.39, 0.29) is 28.1 Å². The predicted octanol–water partition coefficient (Wildman–Crippen LogP) is 2.79. The van der Waals surface area contributed by atoms with Gasteiger partial charge in [-0.05, 0) is 63.2 Å². The standard InChI is InChI=1S/C20H24ClN3O5S/c1-4-29-15-7-5-14(6-8-15)23-19(25)12-22-20(26)17-11-16(9-10-18(17)21)30(27,28)24-13(2)3/h5-11,13,24H,4,12H2,1-3H3,(H,22,26)(H,23,25). The Bertz CT molecular complexity index is 1010. The molecule has 0 radical (unpaired) electrons. The SMILES string of the molecule is CCOc1ccc(NC(=O)CNC(=O)c2cc(S(=O)(=O)NC(C)C)ccc2Cl)cc1. The van der Waals surface area contributed by atoms with Crippen LogP contribution in [0.4, 0.5) is 5.69 Å². The maximum absolute atomic E-state index is 12.4. The Morgan fingerprint density at radius 2 is 1.77 bits per heavy atom. The summed E-state index contributed by atoms with van der Waals surface area (Å²) in [6.07, 6.45) is 0. The first-order chi connectivity index (χ1) is 14.1. The largest absolute Gasteiger partial charge is 0.494 e. The number of carbonyl (C=O) groups is 2. The van der Waals surface area contributed by atoms with E-state index in [1.54, 1.807) is 38.1 Å². The highest BCUT2D eigenvalue weighted by atomic mass is 35.5. The van der Waals surface area contributed by atoms with Crippen LogP contribution in [-0.2, 0) is 14.8 Å². The summed E-state index contributed by atoms with van der Waals surface area (Å²) in [5.41, 5.74) is 0.501. The normalized spacial score (nSPS) is 11.2. The minimum absolute atomic E-state index is 0.0443. The maximum atomic E-state index is 12.4. The van der Waals surface area contributed by atoms with Gasteiger partial charge in [-0.3, -0.25) is 9.59 Å². The molecule has 0 saturated carbocycles. The highest BCUT2D eigenvalue weighted by Crippen LogP contribution is 2.21. The zero-order valence-corrected chi connectivity index (χ0v) is 18.4. The van der Waals surface area contributed by atoms with Gasteiger partial charge in [-0.15, -0.1) is 0 Å². The smallest absolute Gasteiger partial charge is 0.253 e. The van der Waals surface area contributed by atoms with Gasteiger partial charge in [-0.1, -0.05) is 11.6 Å². The topological polar surface area (TPSA) is 114 Å². The van der Waals surface area contributed by atoms with E-state index in [1.807, 2.05) is 6.92 Å². The molecule has 0 atom stereocenters. The molecule has 0 unspecified atom stereocenters. The number of sulfonamides is 1. The van der Waals surface area contributed by atoms with Gasteiger partial charge in [0.1, 0.15) is 5.75 Å². The van der Waals surface area contributed by atoms with E-state index >= 15 is 0 Å². The van der Waals surface area contributed by atoms with Gasteiger partial charge in [0, 0.05) is 11.7 Å². The van der Waals surface area contributed by atoms with E-state index in [9.17, 15) is 18.0 Å². The van der Waals surface area contributed by atoms with Crippen LogP contribution in [-0.4, -0.2) is 39.4 Å². The lowest BCUT2D eigenvalue weighted by atomic mass is 10.2. The molecule has 162 valence electrons. The number of ether oxygens (including phenoxy) is 1. The van der Waals surface area contributed by atoms with Crippen molar-refractivity contribution >= 4 is 39.1 Å².